The van der Waals surface area contributed by atoms with Crippen LogP contribution in [0, 0.1) is 5.92 Å². The number of carbonyl (C=O) groups is 1. The standard InChI is InChI=1S/C13H23N3O2/c1-5-6-16-8-11(13(18)15-16)12(17)14-10(4)7-9(2)3/h8-10H,5-7H2,1-4H3,(H,14,17)(H,15,18). The third-order valence-corrected chi connectivity index (χ3v) is 2.69. The molecule has 5 nitrogen and oxygen atoms in total. The van der Waals surface area contributed by atoms with Gasteiger partial charge in [-0.3, -0.25) is 19.4 Å². The Kier molecular flexibility index (Phi) is 5.19. The molecule has 1 heterocycles. The maximum Gasteiger partial charge on any atom is 0.276 e. The summed E-state index contributed by atoms with van der Waals surface area (Å²) in [6.45, 7) is 8.89. The van der Waals surface area contributed by atoms with E-state index >= 15 is 0 Å². The molecular formula is C13H23N3O2. The monoisotopic (exact) mass is 253 g/mol. The summed E-state index contributed by atoms with van der Waals surface area (Å²) in [5.41, 5.74) is -0.128. The van der Waals surface area contributed by atoms with Crippen LogP contribution in [0.5, 0.6) is 0 Å². The Bertz CT molecular complexity index is 445. The predicted octanol–water partition coefficient (Wildman–Crippen LogP) is 1.75. The minimum atomic E-state index is -0.322. The summed E-state index contributed by atoms with van der Waals surface area (Å²) in [5, 5.41) is 5.49. The van der Waals surface area contributed by atoms with Gasteiger partial charge in [-0.15, -0.1) is 0 Å². The first-order chi connectivity index (χ1) is 8.43. The van der Waals surface area contributed by atoms with Crippen LogP contribution in [0.4, 0.5) is 0 Å². The molecule has 0 bridgehead atoms. The number of hydrogen-bond acceptors (Lipinski definition) is 2. The van der Waals surface area contributed by atoms with E-state index in [2.05, 4.69) is 24.3 Å². The van der Waals surface area contributed by atoms with Crippen LogP contribution >= 0.6 is 0 Å². The van der Waals surface area contributed by atoms with Crippen LogP contribution in [-0.2, 0) is 6.54 Å². The third kappa shape index (κ3) is 4.05. The minimum Gasteiger partial charge on any atom is -0.349 e. The highest BCUT2D eigenvalue weighted by Gasteiger charge is 2.15. The second-order valence-corrected chi connectivity index (χ2v) is 5.18. The lowest BCUT2D eigenvalue weighted by Gasteiger charge is -2.14. The largest absolute Gasteiger partial charge is 0.349 e. The number of rotatable bonds is 6. The Morgan fingerprint density at radius 2 is 2.11 bits per heavy atom. The molecule has 2 N–H and O–H groups in total. The number of nitrogens with one attached hydrogen (secondary N) is 2. The summed E-state index contributed by atoms with van der Waals surface area (Å²) < 4.78 is 1.66. The SMILES string of the molecule is CCCn1cc(C(=O)NC(C)CC(C)C)c(=O)[nH]1. The zero-order valence-electron chi connectivity index (χ0n) is 11.6. The second kappa shape index (κ2) is 6.42. The van der Waals surface area contributed by atoms with Crippen molar-refractivity contribution in [3.05, 3.63) is 22.1 Å². The maximum atomic E-state index is 11.9. The summed E-state index contributed by atoms with van der Waals surface area (Å²) in [6.07, 6.45) is 3.40. The minimum absolute atomic E-state index is 0.0754. The molecule has 1 aromatic heterocycles. The number of carbonyl (C=O) groups excluding carboxylic acids is 1. The average molecular weight is 253 g/mol. The molecule has 0 saturated carbocycles. The molecule has 0 aliphatic carbocycles. The van der Waals surface area contributed by atoms with Crippen LogP contribution in [0.2, 0.25) is 0 Å². The van der Waals surface area contributed by atoms with E-state index in [1.54, 1.807) is 10.9 Å². The molecule has 1 unspecified atom stereocenters. The zero-order valence-corrected chi connectivity index (χ0v) is 11.6. The fourth-order valence-electron chi connectivity index (χ4n) is 2.03. The van der Waals surface area contributed by atoms with E-state index in [-0.39, 0.29) is 23.1 Å². The first-order valence-corrected chi connectivity index (χ1v) is 6.54. The van der Waals surface area contributed by atoms with Crippen molar-refractivity contribution in [2.45, 2.75) is 53.1 Å². The van der Waals surface area contributed by atoms with E-state index < -0.39 is 0 Å². The molecule has 1 atom stereocenters. The lowest BCUT2D eigenvalue weighted by molar-refractivity contribution is 0.0935. The van der Waals surface area contributed by atoms with Gasteiger partial charge in [0.05, 0.1) is 0 Å². The number of H-pyrrole nitrogens is 1. The number of aryl methyl sites for hydroxylation is 1. The third-order valence-electron chi connectivity index (χ3n) is 2.69. The molecule has 18 heavy (non-hydrogen) atoms. The van der Waals surface area contributed by atoms with Gasteiger partial charge in [0.15, 0.2) is 0 Å². The number of aromatic amines is 1. The van der Waals surface area contributed by atoms with Gasteiger partial charge in [0, 0.05) is 18.8 Å². The fourth-order valence-corrected chi connectivity index (χ4v) is 2.03. The van der Waals surface area contributed by atoms with Crippen molar-refractivity contribution in [3.8, 4) is 0 Å². The Hall–Kier alpha value is -1.52. The Labute approximate surface area is 108 Å². The van der Waals surface area contributed by atoms with Gasteiger partial charge >= 0.3 is 0 Å². The summed E-state index contributed by atoms with van der Waals surface area (Å²) in [5.74, 6) is 0.225. The molecule has 0 radical (unpaired) electrons. The molecule has 1 amide bonds. The van der Waals surface area contributed by atoms with E-state index in [0.29, 0.717) is 12.5 Å². The number of aromatic nitrogens is 2. The number of hydrogen-bond donors (Lipinski definition) is 2. The lowest BCUT2D eigenvalue weighted by Crippen LogP contribution is -2.35. The molecule has 0 saturated heterocycles. The van der Waals surface area contributed by atoms with Crippen LogP contribution in [0.1, 0.15) is 50.9 Å². The molecule has 1 rings (SSSR count). The Balaban J connectivity index is 2.69. The van der Waals surface area contributed by atoms with Crippen molar-refractivity contribution in [2.75, 3.05) is 0 Å². The second-order valence-electron chi connectivity index (χ2n) is 5.18. The van der Waals surface area contributed by atoms with Gasteiger partial charge in [-0.25, -0.2) is 0 Å². The molecule has 102 valence electrons. The normalized spacial score (nSPS) is 12.7. The highest BCUT2D eigenvalue weighted by Crippen LogP contribution is 2.04. The van der Waals surface area contributed by atoms with E-state index in [1.807, 2.05) is 13.8 Å². The zero-order chi connectivity index (χ0) is 13.7. The lowest BCUT2D eigenvalue weighted by atomic mass is 10.1. The van der Waals surface area contributed by atoms with Crippen molar-refractivity contribution in [2.24, 2.45) is 5.92 Å². The van der Waals surface area contributed by atoms with Gasteiger partial charge in [-0.2, -0.15) is 0 Å². The number of amides is 1. The van der Waals surface area contributed by atoms with Crippen molar-refractivity contribution in [1.29, 1.82) is 0 Å². The molecule has 5 heteroatoms. The van der Waals surface area contributed by atoms with Crippen LogP contribution < -0.4 is 10.9 Å². The summed E-state index contributed by atoms with van der Waals surface area (Å²) in [6, 6.07) is 0.0754. The van der Waals surface area contributed by atoms with Gasteiger partial charge < -0.3 is 5.32 Å². The van der Waals surface area contributed by atoms with Crippen LogP contribution in [0.15, 0.2) is 11.0 Å². The van der Waals surface area contributed by atoms with Crippen LogP contribution in [-0.4, -0.2) is 21.7 Å². The predicted molar refractivity (Wildman–Crippen MR) is 71.7 cm³/mol. The van der Waals surface area contributed by atoms with Crippen molar-refractivity contribution in [1.82, 2.24) is 15.1 Å². The number of nitrogens with zero attached hydrogens (tertiary/aromatic N) is 1. The molecule has 0 aliphatic rings. The Morgan fingerprint density at radius 1 is 1.44 bits per heavy atom. The molecule has 1 aromatic rings. The smallest absolute Gasteiger partial charge is 0.276 e. The molecule has 0 aromatic carbocycles. The van der Waals surface area contributed by atoms with Crippen molar-refractivity contribution >= 4 is 5.91 Å². The molecule has 0 spiro atoms. The summed E-state index contributed by atoms with van der Waals surface area (Å²) in [4.78, 5) is 23.6. The average Bonchev–Trinajstić information content (AvgIpc) is 2.58. The van der Waals surface area contributed by atoms with E-state index in [4.69, 9.17) is 0 Å². The highest BCUT2D eigenvalue weighted by molar-refractivity contribution is 5.93. The van der Waals surface area contributed by atoms with Crippen LogP contribution in [0.3, 0.4) is 0 Å². The first kappa shape index (κ1) is 14.5. The topological polar surface area (TPSA) is 66.9 Å². The maximum absolute atomic E-state index is 11.9. The van der Waals surface area contributed by atoms with Crippen molar-refractivity contribution in [3.63, 3.8) is 0 Å². The summed E-state index contributed by atoms with van der Waals surface area (Å²) >= 11 is 0. The van der Waals surface area contributed by atoms with Gasteiger partial charge in [-0.1, -0.05) is 20.8 Å². The van der Waals surface area contributed by atoms with E-state index in [0.717, 1.165) is 12.8 Å². The van der Waals surface area contributed by atoms with Gasteiger partial charge in [-0.05, 0) is 25.7 Å². The van der Waals surface area contributed by atoms with Gasteiger partial charge in [0.25, 0.3) is 11.5 Å². The van der Waals surface area contributed by atoms with Crippen LogP contribution in [0.25, 0.3) is 0 Å². The molecule has 0 fully saturated rings. The molecule has 0 aliphatic heterocycles. The quantitative estimate of drug-likeness (QED) is 0.811. The van der Waals surface area contributed by atoms with Crippen molar-refractivity contribution < 1.29 is 4.79 Å². The highest BCUT2D eigenvalue weighted by atomic mass is 16.2. The fraction of sp³-hybridized carbons (Fsp3) is 0.692. The first-order valence-electron chi connectivity index (χ1n) is 6.54. The van der Waals surface area contributed by atoms with E-state index in [9.17, 15) is 9.59 Å². The van der Waals surface area contributed by atoms with Gasteiger partial charge in [0.1, 0.15) is 5.56 Å². The van der Waals surface area contributed by atoms with E-state index in [1.165, 1.54) is 0 Å². The molecular weight excluding hydrogens is 230 g/mol. The van der Waals surface area contributed by atoms with Gasteiger partial charge in [0.2, 0.25) is 0 Å². The Morgan fingerprint density at radius 3 is 2.67 bits per heavy atom. The summed E-state index contributed by atoms with van der Waals surface area (Å²) in [7, 11) is 0.